The van der Waals surface area contributed by atoms with Crippen molar-refractivity contribution in [3.8, 4) is 0 Å². The molecule has 0 aromatic heterocycles. The Morgan fingerprint density at radius 3 is 2.07 bits per heavy atom. The molecule has 1 aromatic carbocycles. The number of carbonyl (C=O) groups is 2. The highest BCUT2D eigenvalue weighted by Gasteiger charge is 2.29. The van der Waals surface area contributed by atoms with Gasteiger partial charge >= 0.3 is 5.97 Å². The number of aromatic carboxylic acids is 1. The molecule has 15 heavy (non-hydrogen) atoms. The van der Waals surface area contributed by atoms with Crippen molar-refractivity contribution in [1.29, 1.82) is 0 Å². The third-order valence-electron chi connectivity index (χ3n) is 2.17. The first-order chi connectivity index (χ1) is 6.85. The molecule has 5 heteroatoms. The normalized spacial score (nSPS) is 14.3. The summed E-state index contributed by atoms with van der Waals surface area (Å²) in [6, 6.07) is 5.31. The Kier molecular flexibility index (Phi) is 2.76. The molecule has 0 saturated heterocycles. The van der Waals surface area contributed by atoms with Gasteiger partial charge in [-0.05, 0) is 24.6 Å². The van der Waals surface area contributed by atoms with Gasteiger partial charge in [-0.2, -0.15) is 0 Å². The van der Waals surface area contributed by atoms with E-state index in [-0.39, 0.29) is 11.1 Å². The topological polar surface area (TPSA) is 101 Å². The van der Waals surface area contributed by atoms with E-state index in [9.17, 15) is 14.7 Å². The highest BCUT2D eigenvalue weighted by atomic mass is 16.4. The van der Waals surface area contributed by atoms with Crippen LogP contribution in [0.3, 0.4) is 0 Å². The zero-order valence-corrected chi connectivity index (χ0v) is 8.10. The third-order valence-corrected chi connectivity index (χ3v) is 2.17. The summed E-state index contributed by atoms with van der Waals surface area (Å²) >= 11 is 0. The SMILES string of the molecule is C[C@@](O)(C(N)=O)c1ccc(C(=O)O)cc1. The minimum atomic E-state index is -1.78. The first-order valence-electron chi connectivity index (χ1n) is 4.22. The Bertz CT molecular complexity index is 394. The van der Waals surface area contributed by atoms with E-state index in [4.69, 9.17) is 10.8 Å². The number of rotatable bonds is 3. The van der Waals surface area contributed by atoms with Crippen LogP contribution >= 0.6 is 0 Å². The first kappa shape index (κ1) is 11.2. The van der Waals surface area contributed by atoms with Crippen LogP contribution in [0.4, 0.5) is 0 Å². The molecule has 0 aliphatic carbocycles. The molecule has 80 valence electrons. The quantitative estimate of drug-likeness (QED) is 0.656. The molecular weight excluding hydrogens is 198 g/mol. The predicted molar refractivity (Wildman–Crippen MR) is 52.2 cm³/mol. The summed E-state index contributed by atoms with van der Waals surface area (Å²) in [6.07, 6.45) is 0. The molecule has 0 radical (unpaired) electrons. The molecule has 0 saturated carbocycles. The van der Waals surface area contributed by atoms with Gasteiger partial charge in [-0.25, -0.2) is 4.79 Å². The number of carbonyl (C=O) groups excluding carboxylic acids is 1. The lowest BCUT2D eigenvalue weighted by Crippen LogP contribution is -2.38. The van der Waals surface area contributed by atoms with Gasteiger partial charge in [-0.1, -0.05) is 12.1 Å². The fourth-order valence-corrected chi connectivity index (χ4v) is 1.08. The summed E-state index contributed by atoms with van der Waals surface area (Å²) in [6.45, 7) is 1.26. The molecule has 0 heterocycles. The number of carboxylic acids is 1. The summed E-state index contributed by atoms with van der Waals surface area (Å²) in [5, 5.41) is 18.3. The van der Waals surface area contributed by atoms with Crippen LogP contribution in [0.15, 0.2) is 24.3 Å². The van der Waals surface area contributed by atoms with Gasteiger partial charge in [0, 0.05) is 0 Å². The van der Waals surface area contributed by atoms with Gasteiger partial charge in [0.2, 0.25) is 0 Å². The molecule has 1 amide bonds. The Labute approximate surface area is 86.1 Å². The van der Waals surface area contributed by atoms with Crippen molar-refractivity contribution in [2.75, 3.05) is 0 Å². The smallest absolute Gasteiger partial charge is 0.335 e. The Morgan fingerprint density at radius 2 is 1.73 bits per heavy atom. The molecule has 0 aliphatic rings. The Balaban J connectivity index is 3.09. The average Bonchev–Trinajstić information content (AvgIpc) is 2.17. The standard InChI is InChI=1S/C10H11NO4/c1-10(15,9(11)14)7-4-2-6(3-5-7)8(12)13/h2-5,15H,1H3,(H2,11,14)(H,12,13)/t10-/m0/s1. The Hall–Kier alpha value is -1.88. The van der Waals surface area contributed by atoms with Crippen LogP contribution < -0.4 is 5.73 Å². The maximum Gasteiger partial charge on any atom is 0.335 e. The molecule has 1 atom stereocenters. The first-order valence-corrected chi connectivity index (χ1v) is 4.22. The van der Waals surface area contributed by atoms with Crippen molar-refractivity contribution >= 4 is 11.9 Å². The minimum absolute atomic E-state index is 0.0824. The van der Waals surface area contributed by atoms with E-state index in [0.29, 0.717) is 0 Å². The number of hydrogen-bond acceptors (Lipinski definition) is 3. The van der Waals surface area contributed by atoms with Crippen LogP contribution in [0.5, 0.6) is 0 Å². The van der Waals surface area contributed by atoms with Crippen LogP contribution in [0.1, 0.15) is 22.8 Å². The van der Waals surface area contributed by atoms with E-state index in [2.05, 4.69) is 0 Å². The number of hydrogen-bond donors (Lipinski definition) is 3. The van der Waals surface area contributed by atoms with Crippen molar-refractivity contribution in [2.24, 2.45) is 5.73 Å². The molecule has 0 unspecified atom stereocenters. The lowest BCUT2D eigenvalue weighted by atomic mass is 9.94. The molecule has 4 N–H and O–H groups in total. The van der Waals surface area contributed by atoms with E-state index in [1.165, 1.54) is 31.2 Å². The third kappa shape index (κ3) is 2.13. The summed E-state index contributed by atoms with van der Waals surface area (Å²) in [7, 11) is 0. The Morgan fingerprint density at radius 1 is 1.27 bits per heavy atom. The van der Waals surface area contributed by atoms with Crippen molar-refractivity contribution < 1.29 is 19.8 Å². The number of carboxylic acid groups (broad SMARTS) is 1. The molecule has 0 spiro atoms. The average molecular weight is 209 g/mol. The number of benzene rings is 1. The highest BCUT2D eigenvalue weighted by molar-refractivity contribution is 5.88. The van der Waals surface area contributed by atoms with Gasteiger partial charge in [-0.3, -0.25) is 4.79 Å². The van der Waals surface area contributed by atoms with E-state index < -0.39 is 17.5 Å². The maximum atomic E-state index is 10.9. The zero-order chi connectivity index (χ0) is 11.6. The van der Waals surface area contributed by atoms with Crippen molar-refractivity contribution in [1.82, 2.24) is 0 Å². The molecule has 0 fully saturated rings. The fraction of sp³-hybridized carbons (Fsp3) is 0.200. The second kappa shape index (κ2) is 3.70. The molecule has 0 aliphatic heterocycles. The fourth-order valence-electron chi connectivity index (χ4n) is 1.08. The molecule has 1 aromatic rings. The van der Waals surface area contributed by atoms with Crippen molar-refractivity contribution in [2.45, 2.75) is 12.5 Å². The predicted octanol–water partition coefficient (Wildman–Crippen LogP) is 0.0776. The van der Waals surface area contributed by atoms with E-state index in [1.807, 2.05) is 0 Å². The van der Waals surface area contributed by atoms with Crippen LogP contribution in [-0.2, 0) is 10.4 Å². The van der Waals surface area contributed by atoms with E-state index >= 15 is 0 Å². The van der Waals surface area contributed by atoms with Crippen molar-refractivity contribution in [3.05, 3.63) is 35.4 Å². The number of amides is 1. The second-order valence-corrected chi connectivity index (χ2v) is 3.32. The van der Waals surface area contributed by atoms with Gasteiger partial charge in [0.15, 0.2) is 5.60 Å². The molecular formula is C10H11NO4. The van der Waals surface area contributed by atoms with Crippen LogP contribution in [0, 0.1) is 0 Å². The van der Waals surface area contributed by atoms with E-state index in [0.717, 1.165) is 0 Å². The van der Waals surface area contributed by atoms with Crippen molar-refractivity contribution in [3.63, 3.8) is 0 Å². The monoisotopic (exact) mass is 209 g/mol. The summed E-state index contributed by atoms with van der Waals surface area (Å²) in [4.78, 5) is 21.4. The van der Waals surface area contributed by atoms with Gasteiger partial charge in [0.25, 0.3) is 5.91 Å². The molecule has 1 rings (SSSR count). The number of nitrogens with two attached hydrogens (primary N) is 1. The number of primary amides is 1. The minimum Gasteiger partial charge on any atom is -0.478 e. The molecule has 5 nitrogen and oxygen atoms in total. The lowest BCUT2D eigenvalue weighted by Gasteiger charge is -2.19. The van der Waals surface area contributed by atoms with Crippen LogP contribution in [0.25, 0.3) is 0 Å². The zero-order valence-electron chi connectivity index (χ0n) is 8.10. The largest absolute Gasteiger partial charge is 0.478 e. The summed E-state index contributed by atoms with van der Waals surface area (Å²) in [5.41, 5.74) is 3.56. The summed E-state index contributed by atoms with van der Waals surface area (Å²) in [5.74, 6) is -1.95. The van der Waals surface area contributed by atoms with E-state index in [1.54, 1.807) is 0 Å². The highest BCUT2D eigenvalue weighted by Crippen LogP contribution is 2.20. The maximum absolute atomic E-state index is 10.9. The summed E-state index contributed by atoms with van der Waals surface area (Å²) < 4.78 is 0. The van der Waals surface area contributed by atoms with Gasteiger partial charge < -0.3 is 15.9 Å². The lowest BCUT2D eigenvalue weighted by molar-refractivity contribution is -0.135. The van der Waals surface area contributed by atoms with Gasteiger partial charge in [0.05, 0.1) is 5.56 Å². The second-order valence-electron chi connectivity index (χ2n) is 3.32. The van der Waals surface area contributed by atoms with Gasteiger partial charge in [0.1, 0.15) is 0 Å². The van der Waals surface area contributed by atoms with Gasteiger partial charge in [-0.15, -0.1) is 0 Å². The van der Waals surface area contributed by atoms with Crippen LogP contribution in [0.2, 0.25) is 0 Å². The number of aliphatic hydroxyl groups is 1. The molecule has 0 bridgehead atoms. The van der Waals surface area contributed by atoms with Crippen LogP contribution in [-0.4, -0.2) is 22.1 Å².